The van der Waals surface area contributed by atoms with E-state index in [1.165, 1.54) is 6.08 Å². The smallest absolute Gasteiger partial charge is 0.165 e. The maximum atomic E-state index is 12.5. The fraction of sp³-hybridized carbons (Fsp3) is 0.438. The van der Waals surface area contributed by atoms with Gasteiger partial charge in [0.25, 0.3) is 0 Å². The topological polar surface area (TPSA) is 40.0 Å². The molecule has 0 amide bonds. The van der Waals surface area contributed by atoms with Gasteiger partial charge >= 0.3 is 0 Å². The standard InChI is InChI=1S/C16H19Br2ClFNO3/c1-11(2)21-24-7-4-3-6-23-16-13(17)9-12(10-14(16)19)22-8-5-15(18)20/h5,9-10H,3-4,6-8H2,1-2H3/b15-5-. The van der Waals surface area contributed by atoms with Gasteiger partial charge in [-0.2, -0.15) is 4.39 Å². The monoisotopic (exact) mass is 485 g/mol. The van der Waals surface area contributed by atoms with Crippen molar-refractivity contribution in [2.75, 3.05) is 19.8 Å². The van der Waals surface area contributed by atoms with E-state index in [2.05, 4.69) is 37.0 Å². The third-order valence-electron chi connectivity index (χ3n) is 2.58. The van der Waals surface area contributed by atoms with Gasteiger partial charge in [-0.25, -0.2) is 0 Å². The third kappa shape index (κ3) is 8.89. The molecular formula is C16H19Br2ClFNO3. The minimum Gasteiger partial charge on any atom is -0.491 e. The molecule has 0 saturated carbocycles. The van der Waals surface area contributed by atoms with Gasteiger partial charge in [0.05, 0.1) is 21.8 Å². The van der Waals surface area contributed by atoms with Crippen molar-refractivity contribution in [1.82, 2.24) is 0 Å². The number of unbranched alkanes of at least 4 members (excludes halogenated alkanes) is 1. The first-order valence-corrected chi connectivity index (χ1v) is 9.25. The highest BCUT2D eigenvalue weighted by atomic mass is 79.9. The number of halogens is 4. The zero-order valence-electron chi connectivity index (χ0n) is 13.5. The molecule has 1 aromatic carbocycles. The zero-order chi connectivity index (χ0) is 17.9. The molecule has 0 aliphatic rings. The molecule has 0 atom stereocenters. The van der Waals surface area contributed by atoms with Crippen LogP contribution in [0.3, 0.4) is 0 Å². The average Bonchev–Trinajstić information content (AvgIpc) is 2.47. The van der Waals surface area contributed by atoms with Crippen molar-refractivity contribution in [3.05, 3.63) is 32.4 Å². The van der Waals surface area contributed by atoms with Crippen LogP contribution in [-0.2, 0) is 4.84 Å². The van der Waals surface area contributed by atoms with Crippen molar-refractivity contribution >= 4 is 49.2 Å². The van der Waals surface area contributed by atoms with Gasteiger partial charge < -0.3 is 14.3 Å². The van der Waals surface area contributed by atoms with Gasteiger partial charge in [-0.1, -0.05) is 16.8 Å². The molecule has 0 bridgehead atoms. The lowest BCUT2D eigenvalue weighted by molar-refractivity contribution is 0.135. The van der Waals surface area contributed by atoms with Crippen LogP contribution in [0.5, 0.6) is 11.5 Å². The van der Waals surface area contributed by atoms with Crippen LogP contribution in [0, 0.1) is 0 Å². The molecule has 0 saturated heterocycles. The molecule has 1 aromatic rings. The molecule has 0 spiro atoms. The minimum absolute atomic E-state index is 0.0970. The molecule has 0 aliphatic carbocycles. The fourth-order valence-corrected chi connectivity index (χ4v) is 2.64. The van der Waals surface area contributed by atoms with Crippen LogP contribution in [0.25, 0.3) is 0 Å². The highest BCUT2D eigenvalue weighted by molar-refractivity contribution is 9.11. The lowest BCUT2D eigenvalue weighted by Gasteiger charge is -2.12. The highest BCUT2D eigenvalue weighted by Gasteiger charge is 2.10. The Bertz CT molecular complexity index is 566. The summed E-state index contributed by atoms with van der Waals surface area (Å²) in [4.78, 5) is 5.11. The molecule has 0 radical (unpaired) electrons. The number of hydrogen-bond donors (Lipinski definition) is 0. The van der Waals surface area contributed by atoms with E-state index in [0.717, 1.165) is 18.6 Å². The predicted molar refractivity (Wildman–Crippen MR) is 102 cm³/mol. The Morgan fingerprint density at radius 2 is 1.96 bits per heavy atom. The highest BCUT2D eigenvalue weighted by Crippen LogP contribution is 2.37. The number of nitrogens with zero attached hydrogens (tertiary/aromatic N) is 1. The molecule has 24 heavy (non-hydrogen) atoms. The van der Waals surface area contributed by atoms with Crippen molar-refractivity contribution < 1.29 is 18.7 Å². The summed E-state index contributed by atoms with van der Waals surface area (Å²) in [6, 6.07) is 3.35. The van der Waals surface area contributed by atoms with Crippen LogP contribution in [0.4, 0.5) is 4.39 Å². The summed E-state index contributed by atoms with van der Waals surface area (Å²) in [6.45, 7) is 4.91. The van der Waals surface area contributed by atoms with Crippen LogP contribution in [0.15, 0.2) is 32.6 Å². The first-order valence-electron chi connectivity index (χ1n) is 7.29. The Morgan fingerprint density at radius 3 is 2.58 bits per heavy atom. The van der Waals surface area contributed by atoms with Gasteiger partial charge in [-0.3, -0.25) is 0 Å². The van der Waals surface area contributed by atoms with Gasteiger partial charge in [-0.15, -0.1) is 0 Å². The van der Waals surface area contributed by atoms with Crippen molar-refractivity contribution in [1.29, 1.82) is 0 Å². The number of oxime groups is 1. The molecule has 0 N–H and O–H groups in total. The molecule has 0 aliphatic heterocycles. The first-order chi connectivity index (χ1) is 11.4. The summed E-state index contributed by atoms with van der Waals surface area (Å²) in [6.07, 6.45) is 2.91. The zero-order valence-corrected chi connectivity index (χ0v) is 17.4. The lowest BCUT2D eigenvalue weighted by atomic mass is 10.3. The van der Waals surface area contributed by atoms with Crippen LogP contribution < -0.4 is 9.47 Å². The molecule has 0 heterocycles. The van der Waals surface area contributed by atoms with Crippen molar-refractivity contribution in [3.8, 4) is 11.5 Å². The summed E-state index contributed by atoms with van der Waals surface area (Å²) >= 11 is 12.3. The molecule has 8 heteroatoms. The SMILES string of the molecule is CC(C)=NOCCCCOc1c(Cl)cc(OC/C=C(\F)Br)cc1Br. The Labute approximate surface area is 163 Å². The lowest BCUT2D eigenvalue weighted by Crippen LogP contribution is -2.01. The van der Waals surface area contributed by atoms with Gasteiger partial charge in [0.2, 0.25) is 0 Å². The van der Waals surface area contributed by atoms with Crippen molar-refractivity contribution in [2.45, 2.75) is 26.7 Å². The van der Waals surface area contributed by atoms with E-state index in [1.807, 2.05) is 13.8 Å². The fourth-order valence-electron chi connectivity index (χ4n) is 1.58. The predicted octanol–water partition coefficient (Wildman–Crippen LogP) is 6.26. The second kappa shape index (κ2) is 11.7. The van der Waals surface area contributed by atoms with E-state index in [1.54, 1.807) is 12.1 Å². The second-order valence-corrected chi connectivity index (χ2v) is 6.97. The molecule has 134 valence electrons. The van der Waals surface area contributed by atoms with Crippen LogP contribution >= 0.6 is 43.5 Å². The number of hydrogen-bond acceptors (Lipinski definition) is 4. The number of ether oxygens (including phenoxy) is 2. The van der Waals surface area contributed by atoms with Crippen LogP contribution in [0.1, 0.15) is 26.7 Å². The molecule has 1 rings (SSSR count). The molecule has 0 aromatic heterocycles. The van der Waals surface area contributed by atoms with Gasteiger partial charge in [0.1, 0.15) is 19.0 Å². The quantitative estimate of drug-likeness (QED) is 0.222. The van der Waals surface area contributed by atoms with E-state index < -0.39 is 4.74 Å². The largest absolute Gasteiger partial charge is 0.491 e. The second-order valence-electron chi connectivity index (χ2n) is 4.95. The summed E-state index contributed by atoms with van der Waals surface area (Å²) in [5.41, 5.74) is 0.888. The van der Waals surface area contributed by atoms with Crippen LogP contribution in [0.2, 0.25) is 5.02 Å². The number of rotatable bonds is 10. The Balaban J connectivity index is 2.43. The van der Waals surface area contributed by atoms with E-state index in [9.17, 15) is 4.39 Å². The van der Waals surface area contributed by atoms with E-state index in [-0.39, 0.29) is 6.61 Å². The molecule has 0 unspecified atom stereocenters. The Morgan fingerprint density at radius 1 is 1.25 bits per heavy atom. The van der Waals surface area contributed by atoms with E-state index in [4.69, 9.17) is 25.9 Å². The average molecular weight is 488 g/mol. The molecular weight excluding hydrogens is 468 g/mol. The maximum Gasteiger partial charge on any atom is 0.165 e. The Kier molecular flexibility index (Phi) is 10.4. The Hall–Kier alpha value is -0.790. The maximum absolute atomic E-state index is 12.5. The summed E-state index contributed by atoms with van der Waals surface area (Å²) in [7, 11) is 0. The third-order valence-corrected chi connectivity index (χ3v) is 3.78. The van der Waals surface area contributed by atoms with Gasteiger partial charge in [-0.05, 0) is 70.7 Å². The summed E-state index contributed by atoms with van der Waals surface area (Å²) < 4.78 is 23.8. The summed E-state index contributed by atoms with van der Waals surface area (Å²) in [5.74, 6) is 1.07. The van der Waals surface area contributed by atoms with Crippen molar-refractivity contribution in [2.24, 2.45) is 5.16 Å². The van der Waals surface area contributed by atoms with Gasteiger partial charge in [0.15, 0.2) is 10.5 Å². The first kappa shape index (κ1) is 21.3. The molecule has 0 fully saturated rings. The van der Waals surface area contributed by atoms with E-state index >= 15 is 0 Å². The normalized spacial score (nSPS) is 11.2. The van der Waals surface area contributed by atoms with Gasteiger partial charge in [0, 0.05) is 6.07 Å². The molecule has 4 nitrogen and oxygen atoms in total. The van der Waals surface area contributed by atoms with Crippen LogP contribution in [-0.4, -0.2) is 25.5 Å². The number of benzene rings is 1. The van der Waals surface area contributed by atoms with E-state index in [0.29, 0.717) is 34.2 Å². The summed E-state index contributed by atoms with van der Waals surface area (Å²) in [5, 5.41) is 4.28. The minimum atomic E-state index is -0.476. The van der Waals surface area contributed by atoms with Crippen molar-refractivity contribution in [3.63, 3.8) is 0 Å².